The number of carbonyl (C=O) groups is 1. The van der Waals surface area contributed by atoms with Crippen molar-refractivity contribution < 1.29 is 18.0 Å². The van der Waals surface area contributed by atoms with Crippen LogP contribution in [-0.4, -0.2) is 30.4 Å². The Kier molecular flexibility index (Phi) is 8.20. The highest BCUT2D eigenvalue weighted by Crippen LogP contribution is 2.37. The molecule has 0 aromatic heterocycles. The Balaban J connectivity index is 0.00000320. The highest BCUT2D eigenvalue weighted by molar-refractivity contribution is 6.34. The molecule has 0 bridgehead atoms. The maximum atomic E-state index is 13.2. The molecule has 30 heavy (non-hydrogen) atoms. The molecule has 3 rings (SSSR count). The summed E-state index contributed by atoms with van der Waals surface area (Å²) in [6.45, 7) is 3.07. The van der Waals surface area contributed by atoms with Crippen LogP contribution in [0.5, 0.6) is 0 Å². The fourth-order valence-electron chi connectivity index (χ4n) is 3.90. The Hall–Kier alpha value is -1.76. The smallest absolute Gasteiger partial charge is 0.344 e. The van der Waals surface area contributed by atoms with E-state index in [1.54, 1.807) is 0 Å². The number of halogens is 5. The minimum absolute atomic E-state index is 0. The van der Waals surface area contributed by atoms with Crippen molar-refractivity contribution in [3.8, 4) is 0 Å². The standard InChI is InChI=1S/C22H24ClF3N2O.ClH/c1-14-11-12-28(2)18(13-14)20(15-7-4-3-5-8-15)27-21(29)16-9-6-10-17(19(16)23)22(24,25)26;/h3-10,14,18,20H,11-13H2,1-2H3,(H,27,29);1H. The summed E-state index contributed by atoms with van der Waals surface area (Å²) >= 11 is 5.96. The molecule has 1 heterocycles. The predicted molar refractivity (Wildman–Crippen MR) is 115 cm³/mol. The molecule has 8 heteroatoms. The van der Waals surface area contributed by atoms with E-state index in [1.807, 2.05) is 37.4 Å². The summed E-state index contributed by atoms with van der Waals surface area (Å²) in [5.41, 5.74) is -0.268. The molecule has 2 aromatic carbocycles. The van der Waals surface area contributed by atoms with Gasteiger partial charge in [0.05, 0.1) is 22.2 Å². The number of alkyl halides is 3. The van der Waals surface area contributed by atoms with Crippen LogP contribution in [0.1, 0.15) is 47.3 Å². The summed E-state index contributed by atoms with van der Waals surface area (Å²) in [6, 6.07) is 12.6. The van der Waals surface area contributed by atoms with Crippen LogP contribution in [0, 0.1) is 5.92 Å². The van der Waals surface area contributed by atoms with Gasteiger partial charge >= 0.3 is 6.18 Å². The van der Waals surface area contributed by atoms with Gasteiger partial charge in [-0.15, -0.1) is 12.4 Å². The van der Waals surface area contributed by atoms with Gasteiger partial charge in [-0.25, -0.2) is 0 Å². The van der Waals surface area contributed by atoms with E-state index in [0.29, 0.717) is 5.92 Å². The van der Waals surface area contributed by atoms with Gasteiger partial charge in [-0.2, -0.15) is 13.2 Å². The quantitative estimate of drug-likeness (QED) is 0.608. The van der Waals surface area contributed by atoms with E-state index in [0.717, 1.165) is 31.0 Å². The van der Waals surface area contributed by atoms with Crippen molar-refractivity contribution in [1.29, 1.82) is 0 Å². The average Bonchev–Trinajstić information content (AvgIpc) is 2.68. The maximum absolute atomic E-state index is 13.2. The van der Waals surface area contributed by atoms with Crippen LogP contribution in [-0.2, 0) is 6.18 Å². The Morgan fingerprint density at radius 1 is 1.17 bits per heavy atom. The second-order valence-corrected chi connectivity index (χ2v) is 8.08. The number of rotatable bonds is 4. The molecule has 0 spiro atoms. The molecule has 0 aliphatic carbocycles. The molecule has 0 saturated carbocycles. The molecular formula is C22H25Cl2F3N2O. The Morgan fingerprint density at radius 2 is 1.83 bits per heavy atom. The number of benzene rings is 2. The van der Waals surface area contributed by atoms with E-state index in [2.05, 4.69) is 17.1 Å². The van der Waals surface area contributed by atoms with Crippen LogP contribution in [0.25, 0.3) is 0 Å². The molecule has 3 unspecified atom stereocenters. The number of nitrogens with zero attached hydrogens (tertiary/aromatic N) is 1. The van der Waals surface area contributed by atoms with Crippen molar-refractivity contribution in [2.24, 2.45) is 5.92 Å². The molecule has 2 aromatic rings. The lowest BCUT2D eigenvalue weighted by atomic mass is 9.85. The summed E-state index contributed by atoms with van der Waals surface area (Å²) in [7, 11) is 2.01. The van der Waals surface area contributed by atoms with E-state index in [4.69, 9.17) is 11.6 Å². The molecule has 1 aliphatic rings. The van der Waals surface area contributed by atoms with Crippen molar-refractivity contribution in [1.82, 2.24) is 10.2 Å². The third-order valence-electron chi connectivity index (χ3n) is 5.56. The number of hydrogen-bond donors (Lipinski definition) is 1. The van der Waals surface area contributed by atoms with E-state index >= 15 is 0 Å². The fourth-order valence-corrected chi connectivity index (χ4v) is 4.22. The SMILES string of the molecule is CC1CCN(C)C(C(NC(=O)c2cccc(C(F)(F)F)c2Cl)c2ccccc2)C1.Cl. The molecule has 1 saturated heterocycles. The number of likely N-dealkylation sites (N-methyl/N-ethyl adjacent to an activating group) is 1. The molecular weight excluding hydrogens is 436 g/mol. The molecule has 164 valence electrons. The van der Waals surface area contributed by atoms with Crippen molar-refractivity contribution in [2.75, 3.05) is 13.6 Å². The normalized spacial score (nSPS) is 20.9. The summed E-state index contributed by atoms with van der Waals surface area (Å²) < 4.78 is 39.5. The van der Waals surface area contributed by atoms with Gasteiger partial charge in [-0.3, -0.25) is 4.79 Å². The molecule has 1 aliphatic heterocycles. The zero-order valence-corrected chi connectivity index (χ0v) is 18.3. The van der Waals surface area contributed by atoms with Gasteiger partial charge < -0.3 is 10.2 Å². The highest BCUT2D eigenvalue weighted by atomic mass is 35.5. The van der Waals surface area contributed by atoms with Crippen molar-refractivity contribution >= 4 is 29.9 Å². The minimum Gasteiger partial charge on any atom is -0.344 e. The maximum Gasteiger partial charge on any atom is 0.417 e. The molecule has 3 nitrogen and oxygen atoms in total. The minimum atomic E-state index is -4.62. The molecule has 3 atom stereocenters. The summed E-state index contributed by atoms with van der Waals surface area (Å²) in [6.07, 6.45) is -2.67. The highest BCUT2D eigenvalue weighted by Gasteiger charge is 2.36. The largest absolute Gasteiger partial charge is 0.417 e. The van der Waals surface area contributed by atoms with Gasteiger partial charge in [0, 0.05) is 6.04 Å². The fraction of sp³-hybridized carbons (Fsp3) is 0.409. The van der Waals surface area contributed by atoms with E-state index in [1.165, 1.54) is 12.1 Å². The third kappa shape index (κ3) is 5.48. The van der Waals surface area contributed by atoms with Gasteiger partial charge in [0.1, 0.15) is 0 Å². The first-order valence-electron chi connectivity index (χ1n) is 9.60. The van der Waals surface area contributed by atoms with Gasteiger partial charge in [0.25, 0.3) is 5.91 Å². The second-order valence-electron chi connectivity index (χ2n) is 7.70. The molecule has 1 fully saturated rings. The Labute approximate surface area is 186 Å². The lowest BCUT2D eigenvalue weighted by molar-refractivity contribution is -0.137. The number of amides is 1. The Morgan fingerprint density at radius 3 is 2.47 bits per heavy atom. The van der Waals surface area contributed by atoms with Crippen LogP contribution in [0.15, 0.2) is 48.5 Å². The zero-order chi connectivity index (χ0) is 21.2. The monoisotopic (exact) mass is 460 g/mol. The first-order valence-corrected chi connectivity index (χ1v) is 9.98. The lowest BCUT2D eigenvalue weighted by Gasteiger charge is -2.41. The Bertz CT molecular complexity index is 861. The molecule has 0 radical (unpaired) electrons. The van der Waals surface area contributed by atoms with E-state index in [-0.39, 0.29) is 30.1 Å². The summed E-state index contributed by atoms with van der Waals surface area (Å²) in [5, 5.41) is 2.38. The first kappa shape index (κ1) is 24.5. The third-order valence-corrected chi connectivity index (χ3v) is 5.97. The molecule has 1 N–H and O–H groups in total. The van der Waals surface area contributed by atoms with Gasteiger partial charge in [-0.1, -0.05) is 54.9 Å². The van der Waals surface area contributed by atoms with Gasteiger partial charge in [0.2, 0.25) is 0 Å². The van der Waals surface area contributed by atoms with Crippen LogP contribution >= 0.6 is 24.0 Å². The number of piperidine rings is 1. The summed E-state index contributed by atoms with van der Waals surface area (Å²) in [4.78, 5) is 15.2. The van der Waals surface area contributed by atoms with Crippen LogP contribution in [0.2, 0.25) is 5.02 Å². The van der Waals surface area contributed by atoms with E-state index in [9.17, 15) is 18.0 Å². The van der Waals surface area contributed by atoms with Gasteiger partial charge in [0.15, 0.2) is 0 Å². The van der Waals surface area contributed by atoms with Gasteiger partial charge in [-0.05, 0) is 50.0 Å². The van der Waals surface area contributed by atoms with Crippen molar-refractivity contribution in [2.45, 2.75) is 38.0 Å². The van der Waals surface area contributed by atoms with Crippen molar-refractivity contribution in [3.05, 3.63) is 70.2 Å². The molecule has 1 amide bonds. The number of likely N-dealkylation sites (tertiary alicyclic amines) is 1. The second kappa shape index (κ2) is 10.0. The lowest BCUT2D eigenvalue weighted by Crippen LogP contribution is -2.48. The van der Waals surface area contributed by atoms with E-state index < -0.39 is 22.7 Å². The topological polar surface area (TPSA) is 32.3 Å². The number of hydrogen-bond acceptors (Lipinski definition) is 2. The van der Waals surface area contributed by atoms with Crippen molar-refractivity contribution in [3.63, 3.8) is 0 Å². The first-order chi connectivity index (χ1) is 13.7. The number of nitrogens with one attached hydrogen (secondary N) is 1. The van der Waals surface area contributed by atoms with Crippen LogP contribution < -0.4 is 5.32 Å². The number of carbonyl (C=O) groups excluding carboxylic acids is 1. The zero-order valence-electron chi connectivity index (χ0n) is 16.7. The van der Waals surface area contributed by atoms with Crippen LogP contribution in [0.4, 0.5) is 13.2 Å². The van der Waals surface area contributed by atoms with Crippen LogP contribution in [0.3, 0.4) is 0 Å². The predicted octanol–water partition coefficient (Wildman–Crippen LogP) is 5.98. The summed E-state index contributed by atoms with van der Waals surface area (Å²) in [5.74, 6) is -0.113. The average molecular weight is 461 g/mol.